The highest BCUT2D eigenvalue weighted by atomic mass is 32.2. The lowest BCUT2D eigenvalue weighted by Crippen LogP contribution is -2.48. The van der Waals surface area contributed by atoms with Crippen LogP contribution in [-0.4, -0.2) is 61.7 Å². The van der Waals surface area contributed by atoms with Crippen LogP contribution in [0.15, 0.2) is 65.1 Å². The van der Waals surface area contributed by atoms with Crippen LogP contribution in [0.5, 0.6) is 0 Å². The molecule has 0 unspecified atom stereocenters. The Bertz CT molecular complexity index is 1360. The monoisotopic (exact) mass is 521 g/mol. The first kappa shape index (κ1) is 23.9. The van der Waals surface area contributed by atoms with Crippen molar-refractivity contribution in [2.24, 2.45) is 0 Å². The van der Waals surface area contributed by atoms with Crippen LogP contribution in [0.25, 0.3) is 5.69 Å². The molecule has 1 amide bonds. The first-order chi connectivity index (χ1) is 17.5. The number of para-hydroxylation sites is 1. The van der Waals surface area contributed by atoms with Crippen LogP contribution < -0.4 is 4.90 Å². The zero-order valence-electron chi connectivity index (χ0n) is 19.5. The molecule has 1 saturated heterocycles. The standard InChI is InChI=1S/C24H23N7O3S2/c1-17-26-27-24(30(17)19-5-3-2-4-6-19)36-16-22-25-21(15-35-22)23(32)29-13-11-28(12-14-29)18-7-9-20(10-8-18)31(33)34/h2-10,15H,11-14,16H2,1H3. The molecule has 2 aromatic carbocycles. The fourth-order valence-electron chi connectivity index (χ4n) is 4.03. The topological polar surface area (TPSA) is 110 Å². The number of carbonyl (C=O) groups excluding carboxylic acids is 1. The Hall–Kier alpha value is -3.77. The highest BCUT2D eigenvalue weighted by Gasteiger charge is 2.24. The smallest absolute Gasteiger partial charge is 0.273 e. The zero-order chi connectivity index (χ0) is 25.1. The summed E-state index contributed by atoms with van der Waals surface area (Å²) in [4.78, 5) is 32.0. The van der Waals surface area contributed by atoms with E-state index in [1.165, 1.54) is 23.5 Å². The van der Waals surface area contributed by atoms with Gasteiger partial charge in [-0.3, -0.25) is 19.5 Å². The Labute approximate surface area is 215 Å². The highest BCUT2D eigenvalue weighted by molar-refractivity contribution is 7.98. The summed E-state index contributed by atoms with van der Waals surface area (Å²) in [6, 6.07) is 16.5. The van der Waals surface area contributed by atoms with Crippen LogP contribution in [0.3, 0.4) is 0 Å². The number of nitro groups is 1. The number of nitrogens with zero attached hydrogens (tertiary/aromatic N) is 7. The van der Waals surface area contributed by atoms with Crippen LogP contribution in [0.1, 0.15) is 21.3 Å². The van der Waals surface area contributed by atoms with Gasteiger partial charge in [0.25, 0.3) is 11.6 Å². The molecule has 0 radical (unpaired) electrons. The molecule has 0 atom stereocenters. The van der Waals surface area contributed by atoms with Crippen molar-refractivity contribution in [1.29, 1.82) is 0 Å². The second-order valence-electron chi connectivity index (χ2n) is 8.17. The second kappa shape index (κ2) is 10.5. The number of thiazole rings is 1. The minimum absolute atomic E-state index is 0.0699. The second-order valence-corrected chi connectivity index (χ2v) is 10.1. The first-order valence-electron chi connectivity index (χ1n) is 11.3. The van der Waals surface area contributed by atoms with Crippen molar-refractivity contribution >= 4 is 40.4 Å². The highest BCUT2D eigenvalue weighted by Crippen LogP contribution is 2.27. The summed E-state index contributed by atoms with van der Waals surface area (Å²) in [6.45, 7) is 4.37. The van der Waals surface area contributed by atoms with Crippen LogP contribution in [-0.2, 0) is 5.75 Å². The minimum atomic E-state index is -0.406. The van der Waals surface area contributed by atoms with Crippen LogP contribution in [0.2, 0.25) is 0 Å². The summed E-state index contributed by atoms with van der Waals surface area (Å²) in [5.74, 6) is 1.33. The van der Waals surface area contributed by atoms with E-state index in [0.29, 0.717) is 37.6 Å². The summed E-state index contributed by atoms with van der Waals surface area (Å²) in [5.41, 5.74) is 2.45. The van der Waals surface area contributed by atoms with Crippen molar-refractivity contribution in [2.75, 3.05) is 31.1 Å². The molecule has 4 aromatic rings. The lowest BCUT2D eigenvalue weighted by atomic mass is 10.2. The van der Waals surface area contributed by atoms with Gasteiger partial charge in [0.1, 0.15) is 16.5 Å². The molecule has 0 bridgehead atoms. The van der Waals surface area contributed by atoms with Crippen molar-refractivity contribution in [3.8, 4) is 5.69 Å². The van der Waals surface area contributed by atoms with E-state index in [9.17, 15) is 14.9 Å². The number of aryl methyl sites for hydroxylation is 1. The molecule has 0 N–H and O–H groups in total. The molecule has 1 aliphatic heterocycles. The number of benzene rings is 2. The lowest BCUT2D eigenvalue weighted by Gasteiger charge is -2.35. The predicted octanol–water partition coefficient (Wildman–Crippen LogP) is 4.20. The maximum Gasteiger partial charge on any atom is 0.273 e. The van der Waals surface area contributed by atoms with Crippen molar-refractivity contribution in [3.05, 3.63) is 86.6 Å². The molecule has 0 saturated carbocycles. The fraction of sp³-hybridized carbons (Fsp3) is 0.250. The molecule has 1 fully saturated rings. The normalized spacial score (nSPS) is 13.7. The fourth-order valence-corrected chi connectivity index (χ4v) is 5.81. The number of hydrogen-bond donors (Lipinski definition) is 0. The number of piperazine rings is 1. The Morgan fingerprint density at radius 3 is 2.44 bits per heavy atom. The summed E-state index contributed by atoms with van der Waals surface area (Å²) in [5, 5.41) is 22.8. The largest absolute Gasteiger partial charge is 0.368 e. The van der Waals surface area contributed by atoms with Gasteiger partial charge in [0.15, 0.2) is 5.16 Å². The van der Waals surface area contributed by atoms with Gasteiger partial charge < -0.3 is 9.80 Å². The van der Waals surface area contributed by atoms with Gasteiger partial charge in [-0.2, -0.15) is 0 Å². The molecule has 184 valence electrons. The van der Waals surface area contributed by atoms with E-state index in [0.717, 1.165) is 27.4 Å². The van der Waals surface area contributed by atoms with E-state index in [1.807, 2.05) is 52.1 Å². The van der Waals surface area contributed by atoms with Crippen molar-refractivity contribution in [2.45, 2.75) is 17.8 Å². The molecule has 0 spiro atoms. The summed E-state index contributed by atoms with van der Waals surface area (Å²) in [6.07, 6.45) is 0. The van der Waals surface area contributed by atoms with E-state index in [1.54, 1.807) is 23.9 Å². The maximum absolute atomic E-state index is 13.0. The van der Waals surface area contributed by atoms with E-state index in [4.69, 9.17) is 0 Å². The van der Waals surface area contributed by atoms with E-state index in [-0.39, 0.29) is 11.6 Å². The van der Waals surface area contributed by atoms with Crippen molar-refractivity contribution in [1.82, 2.24) is 24.6 Å². The molecule has 0 aliphatic carbocycles. The average Bonchev–Trinajstić information content (AvgIpc) is 3.54. The Balaban J connectivity index is 1.18. The van der Waals surface area contributed by atoms with Gasteiger partial charge in [0, 0.05) is 55.1 Å². The first-order valence-corrected chi connectivity index (χ1v) is 13.2. The van der Waals surface area contributed by atoms with Crippen molar-refractivity contribution in [3.63, 3.8) is 0 Å². The van der Waals surface area contributed by atoms with E-state index < -0.39 is 4.92 Å². The van der Waals surface area contributed by atoms with Gasteiger partial charge in [-0.15, -0.1) is 21.5 Å². The molecule has 12 heteroatoms. The molecule has 36 heavy (non-hydrogen) atoms. The number of amides is 1. The molecule has 3 heterocycles. The number of non-ortho nitro benzene ring substituents is 1. The number of aromatic nitrogens is 4. The quantitative estimate of drug-likeness (QED) is 0.202. The molecular formula is C24H23N7O3S2. The Morgan fingerprint density at radius 1 is 1.03 bits per heavy atom. The Kier molecular flexibility index (Phi) is 6.96. The van der Waals surface area contributed by atoms with Crippen LogP contribution >= 0.6 is 23.1 Å². The molecule has 1 aliphatic rings. The number of rotatable bonds is 7. The number of nitro benzene ring substituents is 1. The van der Waals surface area contributed by atoms with Gasteiger partial charge in [-0.1, -0.05) is 30.0 Å². The van der Waals surface area contributed by atoms with Crippen LogP contribution in [0, 0.1) is 17.0 Å². The SMILES string of the molecule is Cc1nnc(SCc2nc(C(=O)N3CCN(c4ccc([N+](=O)[O-])cc4)CC3)cs2)n1-c1ccccc1. The molecule has 2 aromatic heterocycles. The predicted molar refractivity (Wildman–Crippen MR) is 139 cm³/mol. The Morgan fingerprint density at radius 2 is 1.75 bits per heavy atom. The number of carbonyl (C=O) groups is 1. The van der Waals surface area contributed by atoms with Gasteiger partial charge in [0.2, 0.25) is 0 Å². The molecule has 5 rings (SSSR count). The van der Waals surface area contributed by atoms with Gasteiger partial charge in [-0.05, 0) is 31.2 Å². The average molecular weight is 522 g/mol. The van der Waals surface area contributed by atoms with Crippen LogP contribution in [0.4, 0.5) is 11.4 Å². The van der Waals surface area contributed by atoms with Gasteiger partial charge in [0.05, 0.1) is 10.7 Å². The minimum Gasteiger partial charge on any atom is -0.368 e. The summed E-state index contributed by atoms with van der Waals surface area (Å²) in [7, 11) is 0. The van der Waals surface area contributed by atoms with E-state index in [2.05, 4.69) is 20.1 Å². The van der Waals surface area contributed by atoms with Crippen molar-refractivity contribution < 1.29 is 9.72 Å². The maximum atomic E-state index is 13.0. The third kappa shape index (κ3) is 5.09. The number of anilines is 1. The van der Waals surface area contributed by atoms with E-state index >= 15 is 0 Å². The number of hydrogen-bond acceptors (Lipinski definition) is 9. The van der Waals surface area contributed by atoms with Gasteiger partial charge in [-0.25, -0.2) is 4.98 Å². The zero-order valence-corrected chi connectivity index (χ0v) is 21.1. The molecular weight excluding hydrogens is 498 g/mol. The summed E-state index contributed by atoms with van der Waals surface area (Å²) >= 11 is 3.01. The molecule has 10 nitrogen and oxygen atoms in total. The lowest BCUT2D eigenvalue weighted by molar-refractivity contribution is -0.384. The number of thioether (sulfide) groups is 1. The third-order valence-electron chi connectivity index (χ3n) is 5.90. The van der Waals surface area contributed by atoms with Gasteiger partial charge >= 0.3 is 0 Å². The third-order valence-corrected chi connectivity index (χ3v) is 7.87. The summed E-state index contributed by atoms with van der Waals surface area (Å²) < 4.78 is 2.01.